The van der Waals surface area contributed by atoms with Crippen LogP contribution in [-0.4, -0.2) is 5.78 Å². The molecule has 0 spiro atoms. The van der Waals surface area contributed by atoms with E-state index >= 15 is 0 Å². The number of Topliss-reactive ketones (excluding diaryl/α,β-unsaturated/α-hetero) is 1. The molecule has 136 valence electrons. The van der Waals surface area contributed by atoms with Gasteiger partial charge in [0.25, 0.3) is 0 Å². The van der Waals surface area contributed by atoms with Crippen LogP contribution in [0.3, 0.4) is 0 Å². The predicted molar refractivity (Wildman–Crippen MR) is 87.1 cm³/mol. The van der Waals surface area contributed by atoms with Crippen LogP contribution in [0.15, 0.2) is 47.1 Å². The van der Waals surface area contributed by atoms with E-state index in [9.17, 15) is 23.2 Å². The summed E-state index contributed by atoms with van der Waals surface area (Å²) in [5.74, 6) is -1.49. The summed E-state index contributed by atoms with van der Waals surface area (Å²) in [6.45, 7) is 3.74. The number of hydrogen-bond acceptors (Lipinski definition) is 4. The minimum absolute atomic E-state index is 0.103. The second-order valence-electron chi connectivity index (χ2n) is 7.29. The van der Waals surface area contributed by atoms with Crippen LogP contribution >= 0.6 is 0 Å². The van der Waals surface area contributed by atoms with E-state index in [0.29, 0.717) is 6.42 Å². The third kappa shape index (κ3) is 2.96. The number of nitriles is 1. The standard InChI is InChI=1S/C19H17F3N2O2/c1-18(2)7-13(25)16-14(8-18)26-17(24)11(9-23)15(16)10-5-3-4-6-12(10)19(20,21)22/h3-6,15H,7-8,24H2,1-2H3/t15-/m1/s1. The zero-order valence-electron chi connectivity index (χ0n) is 14.3. The van der Waals surface area contributed by atoms with E-state index in [2.05, 4.69) is 0 Å². The normalized spacial score (nSPS) is 22.6. The van der Waals surface area contributed by atoms with Crippen molar-refractivity contribution in [3.8, 4) is 6.07 Å². The molecule has 0 fully saturated rings. The van der Waals surface area contributed by atoms with Crippen LogP contribution in [0.1, 0.15) is 43.7 Å². The largest absolute Gasteiger partial charge is 0.444 e. The zero-order chi connectivity index (χ0) is 19.3. The molecular formula is C19H17F3N2O2. The number of nitrogens with zero attached hydrogens (tertiary/aromatic N) is 1. The van der Waals surface area contributed by atoms with Gasteiger partial charge in [0.15, 0.2) is 5.78 Å². The van der Waals surface area contributed by atoms with Gasteiger partial charge in [0.05, 0.1) is 11.5 Å². The molecule has 0 bridgehead atoms. The smallest absolute Gasteiger partial charge is 0.416 e. The van der Waals surface area contributed by atoms with Gasteiger partial charge in [-0.25, -0.2) is 0 Å². The van der Waals surface area contributed by atoms with Gasteiger partial charge in [-0.3, -0.25) is 4.79 Å². The van der Waals surface area contributed by atoms with Crippen molar-refractivity contribution in [3.63, 3.8) is 0 Å². The van der Waals surface area contributed by atoms with Gasteiger partial charge < -0.3 is 10.5 Å². The number of carbonyl (C=O) groups is 1. The molecule has 1 aromatic carbocycles. The lowest BCUT2D eigenvalue weighted by Crippen LogP contribution is -2.34. The summed E-state index contributed by atoms with van der Waals surface area (Å²) >= 11 is 0. The molecule has 1 heterocycles. The summed E-state index contributed by atoms with van der Waals surface area (Å²) < 4.78 is 46.0. The number of allylic oxidation sites excluding steroid dienone is 3. The number of nitrogens with two attached hydrogens (primary N) is 1. The van der Waals surface area contributed by atoms with E-state index in [0.717, 1.165) is 6.07 Å². The maximum atomic E-state index is 13.5. The molecule has 0 aromatic heterocycles. The van der Waals surface area contributed by atoms with Gasteiger partial charge >= 0.3 is 6.18 Å². The van der Waals surface area contributed by atoms with Gasteiger partial charge in [-0.2, -0.15) is 18.4 Å². The van der Waals surface area contributed by atoms with Gasteiger partial charge in [0, 0.05) is 18.4 Å². The highest BCUT2D eigenvalue weighted by Crippen LogP contribution is 2.49. The molecule has 0 unspecified atom stereocenters. The number of rotatable bonds is 1. The highest BCUT2D eigenvalue weighted by Gasteiger charge is 2.45. The van der Waals surface area contributed by atoms with E-state index in [1.165, 1.54) is 18.2 Å². The summed E-state index contributed by atoms with van der Waals surface area (Å²) in [5.41, 5.74) is 4.31. The Bertz CT molecular complexity index is 889. The minimum atomic E-state index is -4.62. The van der Waals surface area contributed by atoms with Crippen molar-refractivity contribution < 1.29 is 22.7 Å². The third-order valence-corrected chi connectivity index (χ3v) is 4.65. The SMILES string of the molecule is CC1(C)CC(=O)C2=C(C1)OC(N)=C(C#N)[C@H]2c1ccccc1C(F)(F)F. The van der Waals surface area contributed by atoms with Gasteiger partial charge in [0.1, 0.15) is 17.4 Å². The topological polar surface area (TPSA) is 76.1 Å². The number of benzene rings is 1. The Kier molecular flexibility index (Phi) is 4.10. The van der Waals surface area contributed by atoms with Crippen LogP contribution in [0, 0.1) is 16.7 Å². The molecule has 0 amide bonds. The highest BCUT2D eigenvalue weighted by atomic mass is 19.4. The summed E-state index contributed by atoms with van der Waals surface area (Å²) in [5, 5.41) is 9.48. The Morgan fingerprint density at radius 3 is 2.54 bits per heavy atom. The molecule has 7 heteroatoms. The molecule has 1 atom stereocenters. The molecule has 0 radical (unpaired) electrons. The maximum Gasteiger partial charge on any atom is 0.416 e. The van der Waals surface area contributed by atoms with E-state index < -0.39 is 23.1 Å². The first-order valence-corrected chi connectivity index (χ1v) is 8.05. The van der Waals surface area contributed by atoms with Crippen molar-refractivity contribution in [3.05, 3.63) is 58.2 Å². The summed E-state index contributed by atoms with van der Waals surface area (Å²) in [4.78, 5) is 12.8. The van der Waals surface area contributed by atoms with Gasteiger partial charge in [0.2, 0.25) is 5.88 Å². The second-order valence-corrected chi connectivity index (χ2v) is 7.29. The van der Waals surface area contributed by atoms with Crippen molar-refractivity contribution in [1.29, 1.82) is 5.26 Å². The number of hydrogen-bond donors (Lipinski definition) is 1. The Morgan fingerprint density at radius 2 is 1.92 bits per heavy atom. The number of carbonyl (C=O) groups excluding carboxylic acids is 1. The monoisotopic (exact) mass is 362 g/mol. The average Bonchev–Trinajstić information content (AvgIpc) is 2.51. The Hall–Kier alpha value is -2.75. The average molecular weight is 362 g/mol. The fourth-order valence-electron chi connectivity index (χ4n) is 3.60. The van der Waals surface area contributed by atoms with Crippen LogP contribution in [-0.2, 0) is 15.7 Å². The lowest BCUT2D eigenvalue weighted by Gasteiger charge is -2.37. The number of ketones is 1. The van der Waals surface area contributed by atoms with Crippen LogP contribution in [0.25, 0.3) is 0 Å². The molecule has 1 aliphatic heterocycles. The Labute approximate surface area is 148 Å². The van der Waals surface area contributed by atoms with E-state index in [4.69, 9.17) is 10.5 Å². The molecular weight excluding hydrogens is 345 g/mol. The van der Waals surface area contributed by atoms with Gasteiger partial charge in [-0.1, -0.05) is 32.0 Å². The quantitative estimate of drug-likeness (QED) is 0.814. The first-order chi connectivity index (χ1) is 12.0. The van der Waals surface area contributed by atoms with Crippen molar-refractivity contribution in [2.45, 2.75) is 38.8 Å². The summed E-state index contributed by atoms with van der Waals surface area (Å²) in [6, 6.07) is 6.76. The molecule has 2 N–H and O–H groups in total. The first kappa shape index (κ1) is 18.1. The lowest BCUT2D eigenvalue weighted by atomic mass is 9.69. The number of alkyl halides is 3. The summed E-state index contributed by atoms with van der Waals surface area (Å²) in [7, 11) is 0. The molecule has 3 rings (SSSR count). The first-order valence-electron chi connectivity index (χ1n) is 8.05. The Balaban J connectivity index is 2.27. The van der Waals surface area contributed by atoms with Crippen molar-refractivity contribution in [2.75, 3.05) is 0 Å². The second kappa shape index (κ2) is 5.90. The minimum Gasteiger partial charge on any atom is -0.444 e. The van der Waals surface area contributed by atoms with Crippen LogP contribution < -0.4 is 5.73 Å². The summed E-state index contributed by atoms with van der Waals surface area (Å²) in [6.07, 6.45) is -4.10. The van der Waals surface area contributed by atoms with Gasteiger partial charge in [-0.05, 0) is 17.0 Å². The number of ether oxygens (including phenoxy) is 1. The molecule has 4 nitrogen and oxygen atoms in total. The van der Waals surface area contributed by atoms with Crippen LogP contribution in [0.4, 0.5) is 13.2 Å². The fraction of sp³-hybridized carbons (Fsp3) is 0.368. The third-order valence-electron chi connectivity index (χ3n) is 4.65. The van der Waals surface area contributed by atoms with Crippen molar-refractivity contribution in [2.24, 2.45) is 11.1 Å². The fourth-order valence-corrected chi connectivity index (χ4v) is 3.60. The molecule has 1 aromatic rings. The predicted octanol–water partition coefficient (Wildman–Crippen LogP) is 4.16. The highest BCUT2D eigenvalue weighted by molar-refractivity contribution is 6.00. The number of halogens is 3. The Morgan fingerprint density at radius 1 is 1.27 bits per heavy atom. The molecule has 26 heavy (non-hydrogen) atoms. The molecule has 2 aliphatic rings. The van der Waals surface area contributed by atoms with Crippen LogP contribution in [0.5, 0.6) is 0 Å². The van der Waals surface area contributed by atoms with Crippen LogP contribution in [0.2, 0.25) is 0 Å². The van der Waals surface area contributed by atoms with Gasteiger partial charge in [-0.15, -0.1) is 0 Å². The maximum absolute atomic E-state index is 13.5. The van der Waals surface area contributed by atoms with E-state index in [-0.39, 0.29) is 40.6 Å². The molecule has 1 aliphatic carbocycles. The van der Waals surface area contributed by atoms with Crippen molar-refractivity contribution >= 4 is 5.78 Å². The molecule has 0 saturated heterocycles. The zero-order valence-corrected chi connectivity index (χ0v) is 14.3. The van der Waals surface area contributed by atoms with Crippen molar-refractivity contribution in [1.82, 2.24) is 0 Å². The van der Waals surface area contributed by atoms with E-state index in [1.807, 2.05) is 19.9 Å². The van der Waals surface area contributed by atoms with E-state index in [1.54, 1.807) is 0 Å². The molecule has 0 saturated carbocycles. The lowest BCUT2D eigenvalue weighted by molar-refractivity contribution is -0.138.